The Morgan fingerprint density at radius 1 is 0.694 bits per heavy atom. The smallest absolute Gasteiger partial charge is 0.381 e. The SMILES string of the molecule is CCOCC(C)(C)C(=O)NCc1ccc(F)[c-]c1F.CCOCC(C)(C)C(=O)NCc1ccc(F)[c-]c1F.[C-]1=CC=CC1.[C-]1=CC=CC1.[Ti+4]. The number of benzene rings is 2. The summed E-state index contributed by atoms with van der Waals surface area (Å²) in [4.78, 5) is 23.8. The third kappa shape index (κ3) is 19.5. The summed E-state index contributed by atoms with van der Waals surface area (Å²) in [7, 11) is 0. The number of ether oxygens (including phenoxy) is 2. The molecule has 0 heterocycles. The third-order valence-corrected chi connectivity index (χ3v) is 6.50. The summed E-state index contributed by atoms with van der Waals surface area (Å²) in [6, 6.07) is 8.64. The molecule has 2 aliphatic carbocycles. The standard InChI is InChI=1S/2C14H18F2NO2.2C5H5.Ti/c2*1-4-19-9-14(2,3)13(18)17-8-10-5-6-11(15)7-12(10)16;2*1-2-4-5-3-1;/h2*5-6H,4,8-9H2,1-3H3,(H,17,18);2*1-3H,4H2;/q4*-1;+4. The maximum atomic E-state index is 13.3. The van der Waals surface area contributed by atoms with Crippen LogP contribution >= 0.6 is 0 Å². The van der Waals surface area contributed by atoms with E-state index in [0.29, 0.717) is 13.2 Å². The molecule has 2 amide bonds. The minimum absolute atomic E-state index is 0. The van der Waals surface area contributed by atoms with E-state index in [-0.39, 0.29) is 71.0 Å². The topological polar surface area (TPSA) is 76.7 Å². The first-order valence-corrected chi connectivity index (χ1v) is 15.6. The predicted octanol–water partition coefficient (Wildman–Crippen LogP) is 7.50. The molecule has 0 unspecified atom stereocenters. The molecule has 49 heavy (non-hydrogen) atoms. The van der Waals surface area contributed by atoms with Gasteiger partial charge >= 0.3 is 21.7 Å². The van der Waals surface area contributed by atoms with Gasteiger partial charge in [-0.3, -0.25) is 21.7 Å². The summed E-state index contributed by atoms with van der Waals surface area (Å²) in [6.07, 6.45) is 20.0. The second-order valence-corrected chi connectivity index (χ2v) is 11.7. The van der Waals surface area contributed by atoms with Crippen molar-refractivity contribution in [1.29, 1.82) is 0 Å². The second kappa shape index (κ2) is 24.8. The van der Waals surface area contributed by atoms with E-state index in [1.54, 1.807) is 27.7 Å². The average molecular weight is 719 g/mol. The van der Waals surface area contributed by atoms with Crippen LogP contribution < -0.4 is 10.6 Å². The Morgan fingerprint density at radius 2 is 1.06 bits per heavy atom. The van der Waals surface area contributed by atoms with Gasteiger partial charge in [0.2, 0.25) is 11.8 Å². The molecule has 6 nitrogen and oxygen atoms in total. The van der Waals surface area contributed by atoms with Gasteiger partial charge in [0.05, 0.1) is 24.0 Å². The van der Waals surface area contributed by atoms with E-state index in [0.717, 1.165) is 25.0 Å². The molecule has 0 saturated carbocycles. The van der Waals surface area contributed by atoms with Crippen molar-refractivity contribution in [2.24, 2.45) is 10.8 Å². The first-order chi connectivity index (χ1) is 22.7. The summed E-state index contributed by atoms with van der Waals surface area (Å²) in [6.45, 7) is 12.3. The molecular weight excluding hydrogens is 672 g/mol. The molecule has 0 radical (unpaired) electrons. The van der Waals surface area contributed by atoms with Crippen molar-refractivity contribution < 1.29 is 58.3 Å². The Morgan fingerprint density at radius 3 is 1.31 bits per heavy atom. The van der Waals surface area contributed by atoms with Gasteiger partial charge in [-0.2, -0.15) is 24.3 Å². The van der Waals surface area contributed by atoms with Gasteiger partial charge in [0.25, 0.3) is 0 Å². The van der Waals surface area contributed by atoms with Crippen molar-refractivity contribution in [3.8, 4) is 0 Å². The Kier molecular flexibility index (Phi) is 23.1. The van der Waals surface area contributed by atoms with Gasteiger partial charge in [0.1, 0.15) is 0 Å². The molecule has 4 rings (SSSR count). The monoisotopic (exact) mass is 718 g/mol. The zero-order valence-corrected chi connectivity index (χ0v) is 30.6. The number of hydrogen-bond donors (Lipinski definition) is 2. The van der Waals surface area contributed by atoms with Crippen molar-refractivity contribution in [1.82, 2.24) is 10.6 Å². The summed E-state index contributed by atoms with van der Waals surface area (Å²) in [5.41, 5.74) is -1.00. The van der Waals surface area contributed by atoms with Crippen molar-refractivity contribution in [2.45, 2.75) is 67.5 Å². The van der Waals surface area contributed by atoms with Crippen LogP contribution in [0.15, 0.2) is 60.7 Å². The summed E-state index contributed by atoms with van der Waals surface area (Å²) in [5.74, 6) is -3.59. The molecule has 0 saturated heterocycles. The molecule has 11 heteroatoms. The van der Waals surface area contributed by atoms with Crippen molar-refractivity contribution in [2.75, 3.05) is 26.4 Å². The Labute approximate surface area is 304 Å². The van der Waals surface area contributed by atoms with E-state index >= 15 is 0 Å². The van der Waals surface area contributed by atoms with E-state index in [9.17, 15) is 27.2 Å². The van der Waals surface area contributed by atoms with E-state index in [1.165, 1.54) is 12.1 Å². The summed E-state index contributed by atoms with van der Waals surface area (Å²) in [5, 5.41) is 5.21. The number of hydrogen-bond acceptors (Lipinski definition) is 4. The van der Waals surface area contributed by atoms with Crippen LogP contribution in [0.3, 0.4) is 0 Å². The van der Waals surface area contributed by atoms with E-state index in [1.807, 2.05) is 50.3 Å². The number of carbonyl (C=O) groups is 2. The van der Waals surface area contributed by atoms with Gasteiger partial charge in [-0.15, -0.1) is 48.2 Å². The molecule has 0 spiro atoms. The number of nitrogens with one attached hydrogen (secondary N) is 2. The number of carbonyl (C=O) groups excluding carboxylic acids is 2. The largest absolute Gasteiger partial charge is 4.00 e. The third-order valence-electron chi connectivity index (χ3n) is 6.50. The van der Waals surface area contributed by atoms with Gasteiger partial charge in [0.15, 0.2) is 0 Å². The number of rotatable bonds is 12. The van der Waals surface area contributed by atoms with Crippen molar-refractivity contribution in [3.63, 3.8) is 0 Å². The normalized spacial score (nSPS) is 12.4. The van der Waals surface area contributed by atoms with Crippen LogP contribution in [0, 0.1) is 58.4 Å². The molecule has 0 aliphatic heterocycles. The number of halogens is 4. The number of amides is 2. The minimum Gasteiger partial charge on any atom is -0.381 e. The zero-order chi connectivity index (χ0) is 36.0. The Balaban J connectivity index is 0.000000717. The average Bonchev–Trinajstić information content (AvgIpc) is 3.82. The van der Waals surface area contributed by atoms with Gasteiger partial charge in [0, 0.05) is 49.6 Å². The first-order valence-electron chi connectivity index (χ1n) is 15.6. The summed E-state index contributed by atoms with van der Waals surface area (Å²) >= 11 is 0. The molecule has 0 bridgehead atoms. The molecule has 0 fully saturated rings. The van der Waals surface area contributed by atoms with Crippen LogP contribution in [0.4, 0.5) is 17.6 Å². The summed E-state index contributed by atoms with van der Waals surface area (Å²) < 4.78 is 62.4. The second-order valence-electron chi connectivity index (χ2n) is 11.7. The van der Waals surface area contributed by atoms with Crippen LogP contribution in [0.2, 0.25) is 0 Å². The fourth-order valence-electron chi connectivity index (χ4n) is 3.58. The molecule has 0 atom stereocenters. The van der Waals surface area contributed by atoms with Crippen LogP contribution in [0.25, 0.3) is 0 Å². The molecule has 264 valence electrons. The van der Waals surface area contributed by atoms with Crippen LogP contribution in [0.1, 0.15) is 65.5 Å². The Bertz CT molecular complexity index is 1280. The first kappa shape index (κ1) is 45.7. The molecule has 2 aromatic carbocycles. The fraction of sp³-hybridized carbons (Fsp3) is 0.421. The van der Waals surface area contributed by atoms with Gasteiger partial charge < -0.3 is 20.1 Å². The van der Waals surface area contributed by atoms with E-state index in [2.05, 4.69) is 34.9 Å². The van der Waals surface area contributed by atoms with Crippen LogP contribution in [-0.4, -0.2) is 38.2 Å². The van der Waals surface area contributed by atoms with E-state index < -0.39 is 34.1 Å². The minimum atomic E-state index is -0.789. The maximum absolute atomic E-state index is 13.3. The van der Waals surface area contributed by atoms with Gasteiger partial charge in [-0.05, 0) is 41.5 Å². The molecule has 2 N–H and O–H groups in total. The fourth-order valence-corrected chi connectivity index (χ4v) is 3.58. The molecule has 2 aliphatic rings. The van der Waals surface area contributed by atoms with Gasteiger partial charge in [-0.1, -0.05) is 0 Å². The van der Waals surface area contributed by atoms with Crippen LogP contribution in [-0.2, 0) is 53.9 Å². The van der Waals surface area contributed by atoms with Gasteiger partial charge in [-0.25, -0.2) is 41.9 Å². The van der Waals surface area contributed by atoms with Crippen molar-refractivity contribution in [3.05, 3.63) is 119 Å². The Hall–Kier alpha value is -3.31. The maximum Gasteiger partial charge on any atom is 4.00 e. The predicted molar refractivity (Wildman–Crippen MR) is 178 cm³/mol. The number of allylic oxidation sites excluding steroid dienone is 8. The van der Waals surface area contributed by atoms with Crippen LogP contribution in [0.5, 0.6) is 0 Å². The molecule has 0 aromatic heterocycles. The van der Waals surface area contributed by atoms with Crippen molar-refractivity contribution >= 4 is 11.8 Å². The van der Waals surface area contributed by atoms with E-state index in [4.69, 9.17) is 9.47 Å². The zero-order valence-electron chi connectivity index (χ0n) is 29.1. The molecule has 2 aromatic rings. The quantitative estimate of drug-likeness (QED) is 0.136. The molecular formula is C38H46F4N2O4Ti.